The predicted octanol–water partition coefficient (Wildman–Crippen LogP) is 2.57. The number of hydrogen-bond donors (Lipinski definition) is 5. The molecule has 3 rings (SSSR count). The lowest BCUT2D eigenvalue weighted by Crippen LogP contribution is -2.40. The Morgan fingerprint density at radius 1 is 1.23 bits per heavy atom. The Morgan fingerprint density at radius 3 is 2.43 bits per heavy atom. The maximum Gasteiger partial charge on any atom is 0.359 e. The minimum absolute atomic E-state index is 0.00127. The van der Waals surface area contributed by atoms with E-state index in [9.17, 15) is 29.6 Å². The molecule has 0 spiro atoms. The topological polar surface area (TPSA) is 167 Å². The van der Waals surface area contributed by atoms with E-state index in [1.165, 1.54) is 11.5 Å². The van der Waals surface area contributed by atoms with Crippen molar-refractivity contribution in [3.63, 3.8) is 0 Å². The molecule has 196 valence electrons. The Kier molecular flexibility index (Phi) is 7.82. The summed E-state index contributed by atoms with van der Waals surface area (Å²) in [4.78, 5) is 29.4. The van der Waals surface area contributed by atoms with Gasteiger partial charge in [-0.25, -0.2) is 4.98 Å². The van der Waals surface area contributed by atoms with Crippen molar-refractivity contribution in [2.24, 2.45) is 0 Å². The van der Waals surface area contributed by atoms with Crippen molar-refractivity contribution in [2.75, 3.05) is 0 Å². The fraction of sp³-hybridized carbons (Fsp3) is 0.682. The van der Waals surface area contributed by atoms with E-state index in [0.29, 0.717) is 22.2 Å². The first kappa shape index (κ1) is 28.1. The van der Waals surface area contributed by atoms with Gasteiger partial charge in [-0.1, -0.05) is 13.8 Å². The Hall–Kier alpha value is -1.50. The summed E-state index contributed by atoms with van der Waals surface area (Å²) in [6.07, 6.45) is -2.95. The third-order valence-electron chi connectivity index (χ3n) is 7.11. The number of hydrogen-bond acceptors (Lipinski definition) is 9. The molecular weight excluding hydrogens is 497 g/mol. The number of aliphatic hydroxyl groups is 3. The summed E-state index contributed by atoms with van der Waals surface area (Å²) in [6.45, 7) is 9.58. The third-order valence-corrected chi connectivity index (χ3v) is 9.63. The Morgan fingerprint density at radius 2 is 1.86 bits per heavy atom. The molecule has 2 aromatic rings. The fourth-order valence-electron chi connectivity index (χ4n) is 3.99. The van der Waals surface area contributed by atoms with Crippen LogP contribution in [-0.2, 0) is 13.8 Å². The number of aromatic nitrogens is 3. The lowest BCUT2D eigenvalue weighted by molar-refractivity contribution is -0.0707. The molecule has 0 aliphatic carbocycles. The lowest BCUT2D eigenvalue weighted by atomic mass is 9.93. The molecule has 3 heterocycles. The highest BCUT2D eigenvalue weighted by molar-refractivity contribution is 7.71. The van der Waals surface area contributed by atoms with Crippen LogP contribution < -0.4 is 5.56 Å². The number of nitrogens with zero attached hydrogens (tertiary/aromatic N) is 2. The zero-order valence-corrected chi connectivity index (χ0v) is 22.4. The highest BCUT2D eigenvalue weighted by Gasteiger charge is 2.50. The molecule has 35 heavy (non-hydrogen) atoms. The minimum Gasteiger partial charge on any atom is -0.388 e. The summed E-state index contributed by atoms with van der Waals surface area (Å²) in [7, 11) is -4.45. The average Bonchev–Trinajstić information content (AvgIpc) is 3.04. The second-order valence-corrected chi connectivity index (χ2v) is 12.2. The number of pyridine rings is 1. The summed E-state index contributed by atoms with van der Waals surface area (Å²) >= 11 is 5.36. The summed E-state index contributed by atoms with van der Waals surface area (Å²) < 4.78 is 25.8. The average molecular weight is 532 g/mol. The van der Waals surface area contributed by atoms with Gasteiger partial charge in [-0.05, 0) is 58.3 Å². The molecule has 0 radical (unpaired) electrons. The minimum atomic E-state index is -4.45. The molecular formula is C22H34N3O8PS. The van der Waals surface area contributed by atoms with Crippen molar-refractivity contribution >= 4 is 30.8 Å². The van der Waals surface area contributed by atoms with Crippen LogP contribution in [0.1, 0.15) is 64.3 Å². The van der Waals surface area contributed by atoms with Crippen LogP contribution in [0, 0.1) is 18.6 Å². The number of H-pyrrole nitrogens is 1. The number of aromatic amines is 1. The third kappa shape index (κ3) is 5.17. The van der Waals surface area contributed by atoms with Gasteiger partial charge in [0.1, 0.15) is 17.9 Å². The summed E-state index contributed by atoms with van der Waals surface area (Å²) in [6, 6.07) is 0. The van der Waals surface area contributed by atoms with Gasteiger partial charge in [0, 0.05) is 23.6 Å². The van der Waals surface area contributed by atoms with Crippen LogP contribution in [-0.4, -0.2) is 64.0 Å². The number of ether oxygens (including phenoxy) is 1. The van der Waals surface area contributed by atoms with Crippen LogP contribution in [0.4, 0.5) is 0 Å². The molecule has 11 nitrogen and oxygen atoms in total. The van der Waals surface area contributed by atoms with Gasteiger partial charge in [0.15, 0.2) is 11.6 Å². The van der Waals surface area contributed by atoms with Gasteiger partial charge >= 0.3 is 7.60 Å². The molecule has 1 fully saturated rings. The van der Waals surface area contributed by atoms with Crippen LogP contribution in [0.3, 0.4) is 0 Å². The zero-order valence-electron chi connectivity index (χ0n) is 20.7. The SMILES string of the molecule is CCC(C)(C[C@H]1O[C@@H](n2cc3c(C)c(C)c(=O)[nH]c3nc2=S)[C@@H](O)C1O)OP(=O)(O)C(C)(O)CC. The van der Waals surface area contributed by atoms with Crippen LogP contribution >= 0.6 is 19.8 Å². The van der Waals surface area contributed by atoms with E-state index in [1.54, 1.807) is 40.8 Å². The molecule has 0 amide bonds. The summed E-state index contributed by atoms with van der Waals surface area (Å²) in [5, 5.41) is 30.6. The van der Waals surface area contributed by atoms with Gasteiger partial charge in [0.25, 0.3) is 5.56 Å². The fourth-order valence-corrected chi connectivity index (χ4v) is 5.64. The van der Waals surface area contributed by atoms with Crippen LogP contribution in [0.2, 0.25) is 0 Å². The van der Waals surface area contributed by atoms with Crippen molar-refractivity contribution in [3.8, 4) is 0 Å². The molecule has 0 bridgehead atoms. The van der Waals surface area contributed by atoms with Crippen molar-refractivity contribution in [1.29, 1.82) is 0 Å². The van der Waals surface area contributed by atoms with Crippen LogP contribution in [0.15, 0.2) is 11.0 Å². The maximum absolute atomic E-state index is 12.8. The highest BCUT2D eigenvalue weighted by Crippen LogP contribution is 2.59. The summed E-state index contributed by atoms with van der Waals surface area (Å²) in [5.41, 5.74) is -0.0128. The van der Waals surface area contributed by atoms with E-state index < -0.39 is 43.1 Å². The second kappa shape index (κ2) is 9.75. The largest absolute Gasteiger partial charge is 0.388 e. The summed E-state index contributed by atoms with van der Waals surface area (Å²) in [5.74, 6) is 0. The predicted molar refractivity (Wildman–Crippen MR) is 132 cm³/mol. The first-order valence-electron chi connectivity index (χ1n) is 11.5. The normalized spacial score (nSPS) is 27.9. The molecule has 2 aromatic heterocycles. The van der Waals surface area contributed by atoms with E-state index in [4.69, 9.17) is 21.5 Å². The smallest absolute Gasteiger partial charge is 0.359 e. The Balaban J connectivity index is 1.93. The molecule has 1 saturated heterocycles. The van der Waals surface area contributed by atoms with Crippen LogP contribution in [0.25, 0.3) is 11.0 Å². The van der Waals surface area contributed by atoms with Gasteiger partial charge in [-0.15, -0.1) is 0 Å². The number of aliphatic hydroxyl groups excluding tert-OH is 2. The molecule has 1 aliphatic heterocycles. The van der Waals surface area contributed by atoms with Gasteiger partial charge in [0.2, 0.25) is 4.77 Å². The first-order chi connectivity index (χ1) is 16.1. The van der Waals surface area contributed by atoms with E-state index in [2.05, 4.69) is 9.97 Å². The second-order valence-electron chi connectivity index (χ2n) is 9.63. The zero-order chi connectivity index (χ0) is 26.5. The Bertz CT molecular complexity index is 1280. The Labute approximate surface area is 208 Å². The van der Waals surface area contributed by atoms with Gasteiger partial charge in [0.05, 0.1) is 11.7 Å². The van der Waals surface area contributed by atoms with Gasteiger partial charge in [-0.3, -0.25) is 13.9 Å². The van der Waals surface area contributed by atoms with Crippen molar-refractivity contribution in [1.82, 2.24) is 14.5 Å². The van der Waals surface area contributed by atoms with Crippen LogP contribution in [0.5, 0.6) is 0 Å². The molecule has 13 heteroatoms. The molecule has 5 N–H and O–H groups in total. The van der Waals surface area contributed by atoms with Crippen molar-refractivity contribution < 1.29 is 34.0 Å². The molecule has 4 unspecified atom stereocenters. The highest BCUT2D eigenvalue weighted by atomic mass is 32.1. The molecule has 0 aromatic carbocycles. The number of fused-ring (bicyclic) bond motifs is 1. The van der Waals surface area contributed by atoms with Crippen molar-refractivity contribution in [3.05, 3.63) is 32.4 Å². The lowest BCUT2D eigenvalue weighted by Gasteiger charge is -2.37. The molecule has 7 atom stereocenters. The maximum atomic E-state index is 12.8. The molecule has 0 saturated carbocycles. The first-order valence-corrected chi connectivity index (χ1v) is 13.5. The van der Waals surface area contributed by atoms with E-state index in [-0.39, 0.29) is 29.6 Å². The van der Waals surface area contributed by atoms with E-state index >= 15 is 0 Å². The van der Waals surface area contributed by atoms with E-state index in [0.717, 1.165) is 0 Å². The number of rotatable bonds is 8. The number of nitrogens with one attached hydrogen (secondary N) is 1. The van der Waals surface area contributed by atoms with Gasteiger partial charge < -0.3 is 34.5 Å². The van der Waals surface area contributed by atoms with Gasteiger partial charge in [-0.2, -0.15) is 0 Å². The monoisotopic (exact) mass is 531 g/mol. The van der Waals surface area contributed by atoms with E-state index in [1.807, 2.05) is 0 Å². The standard InChI is InChI=1S/C22H34N3O8PS/c1-7-21(5,33-34(30,31)22(6,29)8-2)9-14-15(26)16(27)19(32-14)25-10-13-11(3)12(4)18(28)23-17(13)24-20(25)35/h10,14-16,19,26-27,29H,7-9H2,1-6H3,(H,30,31)(H,23,24,28,35)/t14-,15?,16+,19-,21?,22?/m1/s1. The number of aryl methyl sites for hydroxylation is 1. The van der Waals surface area contributed by atoms with Crippen molar-refractivity contribution in [2.45, 2.75) is 96.3 Å². The quantitative estimate of drug-likeness (QED) is 0.252. The molecule has 1 aliphatic rings.